The van der Waals surface area contributed by atoms with Crippen molar-refractivity contribution in [3.05, 3.63) is 64.2 Å². The number of nitro groups is 1. The Balaban J connectivity index is 1.54. The van der Waals surface area contributed by atoms with Crippen LogP contribution in [0.2, 0.25) is 0 Å². The number of nitro benzene ring substituents is 1. The number of aliphatic hydroxyl groups excluding tert-OH is 1. The van der Waals surface area contributed by atoms with E-state index in [1.807, 2.05) is 30.3 Å². The number of rotatable bonds is 10. The van der Waals surface area contributed by atoms with Gasteiger partial charge >= 0.3 is 0 Å². The maximum Gasteiger partial charge on any atom is 0.283 e. The van der Waals surface area contributed by atoms with Crippen molar-refractivity contribution in [1.29, 1.82) is 0 Å². The summed E-state index contributed by atoms with van der Waals surface area (Å²) >= 11 is 1.23. The van der Waals surface area contributed by atoms with Crippen LogP contribution >= 0.6 is 11.8 Å². The van der Waals surface area contributed by atoms with Crippen LogP contribution in [0.15, 0.2) is 58.5 Å². The molecule has 3 aromatic rings. The van der Waals surface area contributed by atoms with Crippen LogP contribution in [0, 0.1) is 10.1 Å². The maximum absolute atomic E-state index is 11.4. The fraction of sp³-hybridized carbons (Fsp3) is 0.304. The summed E-state index contributed by atoms with van der Waals surface area (Å²) in [7, 11) is 0. The van der Waals surface area contributed by atoms with Crippen LogP contribution in [0.1, 0.15) is 24.8 Å². The summed E-state index contributed by atoms with van der Waals surface area (Å²) in [5.74, 6) is 1.61. The molecule has 0 saturated carbocycles. The van der Waals surface area contributed by atoms with Crippen LogP contribution < -0.4 is 15.6 Å². The number of aromatic nitrogens is 3. The average Bonchev–Trinajstić information content (AvgIpc) is 2.89. The van der Waals surface area contributed by atoms with Gasteiger partial charge in [0, 0.05) is 36.2 Å². The van der Waals surface area contributed by atoms with Crippen molar-refractivity contribution in [2.75, 3.05) is 41.1 Å². The second-order valence-corrected chi connectivity index (χ2v) is 8.88. The number of benzene rings is 2. The summed E-state index contributed by atoms with van der Waals surface area (Å²) in [6.45, 7) is 1.70. The Morgan fingerprint density at radius 1 is 1.09 bits per heavy atom. The van der Waals surface area contributed by atoms with Crippen LogP contribution in [0.4, 0.5) is 29.2 Å². The van der Waals surface area contributed by atoms with Gasteiger partial charge in [-0.15, -0.1) is 11.8 Å². The van der Waals surface area contributed by atoms with Crippen molar-refractivity contribution < 1.29 is 10.0 Å². The topological polar surface area (TPSA) is 142 Å². The number of hydrogen-bond donors (Lipinski definition) is 3. The summed E-state index contributed by atoms with van der Waals surface area (Å²) in [4.78, 5) is 27.2. The van der Waals surface area contributed by atoms with E-state index in [2.05, 4.69) is 35.7 Å². The van der Waals surface area contributed by atoms with Gasteiger partial charge in [-0.1, -0.05) is 24.3 Å². The number of hydrogen-bond acceptors (Lipinski definition) is 11. The lowest BCUT2D eigenvalue weighted by Gasteiger charge is -2.26. The number of piperidine rings is 1. The summed E-state index contributed by atoms with van der Waals surface area (Å²) in [6, 6.07) is 14.4. The molecule has 1 aliphatic rings. The van der Waals surface area contributed by atoms with Gasteiger partial charge in [0.25, 0.3) is 5.69 Å². The molecule has 0 radical (unpaired) electrons. The first-order valence-electron chi connectivity index (χ1n) is 11.3. The molecule has 0 atom stereocenters. The normalized spacial score (nSPS) is 13.7. The molecule has 0 bridgehead atoms. The van der Waals surface area contributed by atoms with Crippen LogP contribution in [0.5, 0.6) is 0 Å². The fourth-order valence-electron chi connectivity index (χ4n) is 3.56. The van der Waals surface area contributed by atoms with Gasteiger partial charge in [-0.05, 0) is 37.5 Å². The predicted octanol–water partition coefficient (Wildman–Crippen LogP) is 4.04. The van der Waals surface area contributed by atoms with Gasteiger partial charge in [0.2, 0.25) is 17.8 Å². The van der Waals surface area contributed by atoms with Crippen LogP contribution in [-0.4, -0.2) is 56.6 Å². The van der Waals surface area contributed by atoms with E-state index in [-0.39, 0.29) is 18.2 Å². The molecule has 3 N–H and O–H groups in total. The molecule has 1 aromatic heterocycles. The number of nitrogens with one attached hydrogen (secondary N) is 2. The van der Waals surface area contributed by atoms with Gasteiger partial charge in [0.05, 0.1) is 22.6 Å². The van der Waals surface area contributed by atoms with Crippen molar-refractivity contribution in [1.82, 2.24) is 15.0 Å². The Labute approximate surface area is 206 Å². The van der Waals surface area contributed by atoms with Crippen molar-refractivity contribution in [2.45, 2.75) is 24.2 Å². The number of nitrogens with zero attached hydrogens (tertiary/aromatic N) is 6. The highest BCUT2D eigenvalue weighted by Crippen LogP contribution is 2.29. The molecule has 1 fully saturated rings. The van der Waals surface area contributed by atoms with E-state index in [4.69, 9.17) is 5.11 Å². The highest BCUT2D eigenvalue weighted by molar-refractivity contribution is 7.99. The van der Waals surface area contributed by atoms with Crippen molar-refractivity contribution in [3.63, 3.8) is 0 Å². The van der Waals surface area contributed by atoms with Crippen molar-refractivity contribution in [3.8, 4) is 0 Å². The molecule has 2 heterocycles. The smallest absolute Gasteiger partial charge is 0.283 e. The molecule has 11 nitrogen and oxygen atoms in total. The van der Waals surface area contributed by atoms with E-state index >= 15 is 0 Å². The van der Waals surface area contributed by atoms with E-state index in [1.165, 1.54) is 30.5 Å². The van der Waals surface area contributed by atoms with Gasteiger partial charge in [-0.2, -0.15) is 20.1 Å². The number of para-hydroxylation sites is 1. The molecule has 0 spiro atoms. The molecule has 0 aliphatic carbocycles. The van der Waals surface area contributed by atoms with Crippen molar-refractivity contribution in [2.24, 2.45) is 5.10 Å². The number of hydrazone groups is 1. The molecule has 1 saturated heterocycles. The summed E-state index contributed by atoms with van der Waals surface area (Å²) < 4.78 is 0. The third kappa shape index (κ3) is 6.87. The third-order valence-electron chi connectivity index (χ3n) is 5.20. The van der Waals surface area contributed by atoms with Crippen LogP contribution in [-0.2, 0) is 0 Å². The van der Waals surface area contributed by atoms with Crippen LogP contribution in [0.3, 0.4) is 0 Å². The summed E-state index contributed by atoms with van der Waals surface area (Å²) in [6.07, 6.45) is 4.83. The lowest BCUT2D eigenvalue weighted by molar-refractivity contribution is -0.387. The highest BCUT2D eigenvalue weighted by atomic mass is 32.2. The summed E-state index contributed by atoms with van der Waals surface area (Å²) in [5, 5.41) is 27.8. The van der Waals surface area contributed by atoms with E-state index in [9.17, 15) is 10.1 Å². The van der Waals surface area contributed by atoms with Gasteiger partial charge < -0.3 is 15.3 Å². The predicted molar refractivity (Wildman–Crippen MR) is 138 cm³/mol. The zero-order valence-electron chi connectivity index (χ0n) is 19.0. The molecule has 182 valence electrons. The molecule has 0 amide bonds. The number of anilines is 4. The van der Waals surface area contributed by atoms with Crippen molar-refractivity contribution >= 4 is 47.2 Å². The van der Waals surface area contributed by atoms with Gasteiger partial charge in [0.15, 0.2) is 0 Å². The second kappa shape index (κ2) is 12.1. The van der Waals surface area contributed by atoms with E-state index in [0.717, 1.165) is 31.6 Å². The maximum atomic E-state index is 11.4. The second-order valence-electron chi connectivity index (χ2n) is 7.75. The minimum atomic E-state index is -0.442. The minimum absolute atomic E-state index is 0.0331. The molecule has 0 unspecified atom stereocenters. The highest BCUT2D eigenvalue weighted by Gasteiger charge is 2.17. The molecule has 12 heteroatoms. The average molecular weight is 495 g/mol. The number of thioether (sulfide) groups is 1. The standard InChI is InChI=1S/C23H26N8O3S/c32-13-14-35-20-10-9-17(15-19(20)31(33)34)16-24-29-22-26-21(25-18-7-3-1-4-8-18)27-23(28-22)30-11-5-2-6-12-30/h1,3-4,7-10,15-16,32H,2,5-6,11-14H2,(H2,25,26,27,28,29)/b24-16-. The van der Waals surface area contributed by atoms with E-state index < -0.39 is 4.92 Å². The molecular weight excluding hydrogens is 468 g/mol. The zero-order valence-corrected chi connectivity index (χ0v) is 19.8. The fourth-order valence-corrected chi connectivity index (χ4v) is 4.31. The Morgan fingerprint density at radius 3 is 2.60 bits per heavy atom. The number of aliphatic hydroxyl groups is 1. The van der Waals surface area contributed by atoms with Gasteiger partial charge in [0.1, 0.15) is 0 Å². The Bertz CT molecular complexity index is 1170. The minimum Gasteiger partial charge on any atom is -0.396 e. The quantitative estimate of drug-likeness (QED) is 0.164. The third-order valence-corrected chi connectivity index (χ3v) is 6.24. The zero-order chi connectivity index (χ0) is 24.5. The first-order valence-corrected chi connectivity index (χ1v) is 12.3. The lowest BCUT2D eigenvalue weighted by Crippen LogP contribution is -2.31. The first-order chi connectivity index (χ1) is 17.1. The molecule has 35 heavy (non-hydrogen) atoms. The Kier molecular flexibility index (Phi) is 8.41. The van der Waals surface area contributed by atoms with Gasteiger partial charge in [-0.3, -0.25) is 10.1 Å². The summed E-state index contributed by atoms with van der Waals surface area (Å²) in [5.41, 5.74) is 4.19. The monoisotopic (exact) mass is 494 g/mol. The Hall–Kier alpha value is -3.77. The van der Waals surface area contributed by atoms with Gasteiger partial charge in [-0.25, -0.2) is 5.43 Å². The lowest BCUT2D eigenvalue weighted by atomic mass is 10.1. The Morgan fingerprint density at radius 2 is 1.86 bits per heavy atom. The van der Waals surface area contributed by atoms with E-state index in [0.29, 0.717) is 28.1 Å². The SMILES string of the molecule is O=[N+]([O-])c1cc(/C=N\Nc2nc(Nc3ccccc3)nc(N3CCCCC3)n2)ccc1SCCO. The molecular formula is C23H26N8O3S. The van der Waals surface area contributed by atoms with Crippen LogP contribution in [0.25, 0.3) is 0 Å². The largest absolute Gasteiger partial charge is 0.396 e. The molecule has 4 rings (SSSR count). The molecule has 1 aliphatic heterocycles. The van der Waals surface area contributed by atoms with E-state index in [1.54, 1.807) is 12.1 Å². The molecule has 2 aromatic carbocycles. The first kappa shape index (κ1) is 24.4.